The molecule has 0 radical (unpaired) electrons. The molecule has 1 aromatic heterocycles. The Balaban J connectivity index is 1.21. The zero-order valence-corrected chi connectivity index (χ0v) is 26.4. The van der Waals surface area contributed by atoms with Crippen molar-refractivity contribution in [3.8, 4) is 17.2 Å². The van der Waals surface area contributed by atoms with Crippen molar-refractivity contribution < 1.29 is 36.6 Å². The number of amides is 3. The van der Waals surface area contributed by atoms with Gasteiger partial charge in [-0.1, -0.05) is 30.8 Å². The molecule has 4 aromatic rings. The van der Waals surface area contributed by atoms with Gasteiger partial charge in [-0.15, -0.1) is 13.2 Å². The molecule has 0 spiro atoms. The van der Waals surface area contributed by atoms with E-state index in [1.54, 1.807) is 18.2 Å². The highest BCUT2D eigenvalue weighted by Gasteiger charge is 2.33. The van der Waals surface area contributed by atoms with Crippen LogP contribution >= 0.6 is 11.8 Å². The number of nitrogens with one attached hydrogen (secondary N) is 1. The molecule has 246 valence electrons. The highest BCUT2D eigenvalue weighted by Crippen LogP contribution is 2.36. The quantitative estimate of drug-likeness (QED) is 0.177. The van der Waals surface area contributed by atoms with Crippen molar-refractivity contribution >= 4 is 40.2 Å². The summed E-state index contributed by atoms with van der Waals surface area (Å²) in [5.74, 6) is -0.272. The van der Waals surface area contributed by atoms with Gasteiger partial charge in [0.1, 0.15) is 23.6 Å². The van der Waals surface area contributed by atoms with Gasteiger partial charge in [0, 0.05) is 6.42 Å². The number of ether oxygens (including phenoxy) is 2. The molecule has 47 heavy (non-hydrogen) atoms. The molecule has 1 aliphatic heterocycles. The monoisotopic (exact) mass is 670 g/mol. The average molecular weight is 671 g/mol. The minimum Gasteiger partial charge on any atom is -0.489 e. The molecule has 1 saturated heterocycles. The summed E-state index contributed by atoms with van der Waals surface area (Å²) >= 11 is 1.10. The van der Waals surface area contributed by atoms with E-state index in [1.165, 1.54) is 52.3 Å². The summed E-state index contributed by atoms with van der Waals surface area (Å²) in [5, 5.41) is 6.93. The van der Waals surface area contributed by atoms with Crippen molar-refractivity contribution in [2.24, 2.45) is 4.99 Å². The minimum absolute atomic E-state index is 0.0827. The molecule has 0 aliphatic carbocycles. The largest absolute Gasteiger partial charge is 0.573 e. The topological polar surface area (TPSA) is 111 Å². The number of aromatic nitrogens is 3. The first-order valence-corrected chi connectivity index (χ1v) is 15.5. The summed E-state index contributed by atoms with van der Waals surface area (Å²) in [6.45, 7) is 5.79. The van der Waals surface area contributed by atoms with Gasteiger partial charge in [0.2, 0.25) is 5.91 Å². The Hall–Kier alpha value is -4.92. The Morgan fingerprint density at radius 3 is 2.57 bits per heavy atom. The van der Waals surface area contributed by atoms with Crippen LogP contribution in [0, 0.1) is 12.7 Å². The molecule has 15 heteroatoms. The Bertz CT molecular complexity index is 1800. The number of thioether (sulfide) groups is 1. The number of anilines is 2. The van der Waals surface area contributed by atoms with Gasteiger partial charge in [-0.25, -0.2) is 18.9 Å². The number of urea groups is 1. The molecule has 0 saturated carbocycles. The molecule has 2 heterocycles. The average Bonchev–Trinajstić information content (AvgIpc) is 3.64. The maximum atomic E-state index is 15.0. The number of aryl methyl sites for hydroxylation is 3. The molecule has 1 fully saturated rings. The molecule has 1 N–H and O–H groups in total. The molecule has 10 nitrogen and oxygen atoms in total. The van der Waals surface area contributed by atoms with E-state index in [2.05, 4.69) is 25.1 Å². The molecule has 3 aromatic carbocycles. The summed E-state index contributed by atoms with van der Waals surface area (Å²) in [4.78, 5) is 35.3. The van der Waals surface area contributed by atoms with Crippen molar-refractivity contribution in [1.29, 1.82) is 0 Å². The number of benzene rings is 3. The van der Waals surface area contributed by atoms with E-state index in [1.807, 2.05) is 26.8 Å². The first kappa shape index (κ1) is 33.4. The first-order valence-electron chi connectivity index (χ1n) is 14.6. The van der Waals surface area contributed by atoms with Gasteiger partial charge in [-0.3, -0.25) is 9.69 Å². The fraction of sp³-hybridized carbons (Fsp3) is 0.281. The number of alkyl halides is 3. The third kappa shape index (κ3) is 8.67. The summed E-state index contributed by atoms with van der Waals surface area (Å²) < 4.78 is 63.5. The highest BCUT2D eigenvalue weighted by atomic mass is 32.2. The number of carbonyl (C=O) groups is 2. The molecule has 0 bridgehead atoms. The molecule has 3 amide bonds. The van der Waals surface area contributed by atoms with Gasteiger partial charge in [-0.2, -0.15) is 10.1 Å². The van der Waals surface area contributed by atoms with Crippen LogP contribution in [0.3, 0.4) is 0 Å². The van der Waals surface area contributed by atoms with Gasteiger partial charge >= 0.3 is 12.4 Å². The van der Waals surface area contributed by atoms with E-state index >= 15 is 4.39 Å². The van der Waals surface area contributed by atoms with E-state index < -0.39 is 18.2 Å². The predicted molar refractivity (Wildman–Crippen MR) is 170 cm³/mol. The van der Waals surface area contributed by atoms with E-state index in [0.29, 0.717) is 41.4 Å². The lowest BCUT2D eigenvalue weighted by atomic mass is 10.1. The number of aliphatic imine (C=N–C) groups is 1. The molecule has 1 unspecified atom stereocenters. The van der Waals surface area contributed by atoms with Crippen molar-refractivity contribution in [2.75, 3.05) is 16.0 Å². The van der Waals surface area contributed by atoms with Gasteiger partial charge in [0.15, 0.2) is 11.0 Å². The predicted octanol–water partition coefficient (Wildman–Crippen LogP) is 7.24. The summed E-state index contributed by atoms with van der Waals surface area (Å²) in [7, 11) is 0. The molecule has 1 aliphatic rings. The molecular formula is C32H30F4N6O4S. The molecule has 5 rings (SSSR count). The van der Waals surface area contributed by atoms with Crippen LogP contribution < -0.4 is 19.7 Å². The highest BCUT2D eigenvalue weighted by molar-refractivity contribution is 8.15. The first-order chi connectivity index (χ1) is 22.4. The SMILES string of the molecule is CCC(C)Oc1ccc(C)cc1N1C(=O)CSC1=NC(=O)Nc1ccc(CCc2ncn(-c3ccc(OC(F)(F)F)cc3)n2)cc1F. The van der Waals surface area contributed by atoms with Gasteiger partial charge in [0.05, 0.1) is 28.9 Å². The second-order valence-electron chi connectivity index (χ2n) is 10.6. The Labute approximate surface area is 271 Å². The number of halogens is 4. The zero-order valence-electron chi connectivity index (χ0n) is 25.5. The fourth-order valence-electron chi connectivity index (χ4n) is 4.52. The van der Waals surface area contributed by atoms with E-state index in [-0.39, 0.29) is 34.4 Å². The Morgan fingerprint density at radius 2 is 1.87 bits per heavy atom. The van der Waals surface area contributed by atoms with Crippen LogP contribution in [0.15, 0.2) is 72.0 Å². The van der Waals surface area contributed by atoms with Crippen LogP contribution in [0.5, 0.6) is 11.5 Å². The van der Waals surface area contributed by atoms with Gasteiger partial charge < -0.3 is 14.8 Å². The second kappa shape index (κ2) is 14.2. The van der Waals surface area contributed by atoms with Crippen molar-refractivity contribution in [1.82, 2.24) is 14.8 Å². The van der Waals surface area contributed by atoms with E-state index in [9.17, 15) is 22.8 Å². The van der Waals surface area contributed by atoms with Crippen molar-refractivity contribution in [3.63, 3.8) is 0 Å². The zero-order chi connectivity index (χ0) is 33.7. The number of hydrogen-bond acceptors (Lipinski definition) is 7. The standard InChI is InChI=1S/C32H30F4N6O4S/c1-4-20(3)45-27-13-5-19(2)15-26(27)42-29(43)17-47-31(42)39-30(44)38-25-12-6-21(16-24(25)33)7-14-28-37-18-41(40-28)22-8-10-23(11-9-22)46-32(34,35)36/h5-6,8-13,15-16,18,20H,4,7,14,17H2,1-3H3,(H,38,44). The van der Waals surface area contributed by atoms with Crippen LogP contribution in [-0.4, -0.2) is 50.1 Å². The number of carbonyl (C=O) groups excluding carboxylic acids is 2. The van der Waals surface area contributed by atoms with Crippen LogP contribution in [0.1, 0.15) is 37.2 Å². The minimum atomic E-state index is -4.78. The third-order valence-electron chi connectivity index (χ3n) is 7.01. The third-order valence-corrected chi connectivity index (χ3v) is 7.93. The number of rotatable bonds is 10. The summed E-state index contributed by atoms with van der Waals surface area (Å²) in [6.07, 6.45) is -1.97. The number of amidine groups is 1. The van der Waals surface area contributed by atoms with Gasteiger partial charge in [0.25, 0.3) is 0 Å². The van der Waals surface area contributed by atoms with Crippen molar-refractivity contribution in [3.05, 3.63) is 89.8 Å². The fourth-order valence-corrected chi connectivity index (χ4v) is 5.38. The van der Waals surface area contributed by atoms with Crippen LogP contribution in [0.25, 0.3) is 5.69 Å². The maximum absolute atomic E-state index is 15.0. The lowest BCUT2D eigenvalue weighted by molar-refractivity contribution is -0.274. The van der Waals surface area contributed by atoms with E-state index in [4.69, 9.17) is 4.74 Å². The van der Waals surface area contributed by atoms with Crippen LogP contribution in [-0.2, 0) is 17.6 Å². The van der Waals surface area contributed by atoms with Gasteiger partial charge in [-0.05, 0) is 86.3 Å². The Morgan fingerprint density at radius 1 is 1.11 bits per heavy atom. The van der Waals surface area contributed by atoms with E-state index in [0.717, 1.165) is 23.7 Å². The lowest BCUT2D eigenvalue weighted by Gasteiger charge is -2.22. The Kier molecular flexibility index (Phi) is 10.1. The number of hydrogen-bond donors (Lipinski definition) is 1. The molecule has 1 atom stereocenters. The summed E-state index contributed by atoms with van der Waals surface area (Å²) in [6, 6.07) is 14.1. The lowest BCUT2D eigenvalue weighted by Crippen LogP contribution is -2.31. The normalized spacial score (nSPS) is 14.8. The number of nitrogens with zero attached hydrogens (tertiary/aromatic N) is 5. The van der Waals surface area contributed by atoms with Crippen LogP contribution in [0.4, 0.5) is 33.7 Å². The second-order valence-corrected chi connectivity index (χ2v) is 11.6. The smallest absolute Gasteiger partial charge is 0.489 e. The maximum Gasteiger partial charge on any atom is 0.573 e. The summed E-state index contributed by atoms with van der Waals surface area (Å²) in [5.41, 5.74) is 2.39. The molecular weight excluding hydrogens is 640 g/mol. The van der Waals surface area contributed by atoms with Crippen LogP contribution in [0.2, 0.25) is 0 Å². The van der Waals surface area contributed by atoms with Crippen molar-refractivity contribution in [2.45, 2.75) is 52.5 Å².